The molecule has 1 aliphatic heterocycles. The minimum atomic E-state index is 0.486. The number of fused-ring (bicyclic) bond motifs is 1. The molecule has 0 aromatic carbocycles. The second-order valence-electron chi connectivity index (χ2n) is 5.27. The summed E-state index contributed by atoms with van der Waals surface area (Å²) in [5.41, 5.74) is 4.31. The Kier molecular flexibility index (Phi) is 3.14. The van der Waals surface area contributed by atoms with Crippen molar-refractivity contribution >= 4 is 11.5 Å². The van der Waals surface area contributed by atoms with Gasteiger partial charge in [0.2, 0.25) is 0 Å². The van der Waals surface area contributed by atoms with Crippen LogP contribution in [0.1, 0.15) is 30.3 Å². The van der Waals surface area contributed by atoms with Crippen LogP contribution in [0.25, 0.3) is 5.65 Å². The molecule has 0 saturated carbocycles. The molecule has 2 aromatic heterocycles. The van der Waals surface area contributed by atoms with Crippen LogP contribution < -0.4 is 10.6 Å². The first-order chi connectivity index (χ1) is 9.19. The molecule has 2 aromatic rings. The Morgan fingerprint density at radius 1 is 1.47 bits per heavy atom. The summed E-state index contributed by atoms with van der Waals surface area (Å²) in [7, 11) is 0. The van der Waals surface area contributed by atoms with Gasteiger partial charge in [-0.1, -0.05) is 6.92 Å². The van der Waals surface area contributed by atoms with Crippen molar-refractivity contribution in [1.29, 1.82) is 0 Å². The second-order valence-corrected chi connectivity index (χ2v) is 5.27. The minimum Gasteiger partial charge on any atom is -0.366 e. The molecule has 2 N–H and O–H groups in total. The van der Waals surface area contributed by atoms with Crippen LogP contribution in [0.4, 0.5) is 5.82 Å². The van der Waals surface area contributed by atoms with Crippen molar-refractivity contribution < 1.29 is 0 Å². The molecular weight excluding hydrogens is 238 g/mol. The van der Waals surface area contributed by atoms with Gasteiger partial charge in [-0.25, -0.2) is 4.98 Å². The lowest BCUT2D eigenvalue weighted by molar-refractivity contribution is 0.771. The van der Waals surface area contributed by atoms with E-state index < -0.39 is 0 Å². The average Bonchev–Trinajstić information content (AvgIpc) is 3.00. The minimum absolute atomic E-state index is 0.486. The monoisotopic (exact) mass is 259 g/mol. The zero-order chi connectivity index (χ0) is 13.4. The molecule has 5 nitrogen and oxygen atoms in total. The van der Waals surface area contributed by atoms with Gasteiger partial charge in [0.1, 0.15) is 5.82 Å². The Morgan fingerprint density at radius 3 is 3.00 bits per heavy atom. The molecule has 19 heavy (non-hydrogen) atoms. The first-order valence-corrected chi connectivity index (χ1v) is 7.02. The molecule has 0 radical (unpaired) electrons. The highest BCUT2D eigenvalue weighted by Crippen LogP contribution is 2.20. The van der Waals surface area contributed by atoms with E-state index in [0.717, 1.165) is 48.8 Å². The molecule has 0 amide bonds. The maximum atomic E-state index is 4.69. The van der Waals surface area contributed by atoms with Crippen LogP contribution in [0, 0.1) is 13.8 Å². The Morgan fingerprint density at radius 2 is 2.32 bits per heavy atom. The van der Waals surface area contributed by atoms with Crippen molar-refractivity contribution in [2.75, 3.05) is 18.4 Å². The van der Waals surface area contributed by atoms with Crippen LogP contribution in [0.5, 0.6) is 0 Å². The fourth-order valence-corrected chi connectivity index (χ4v) is 2.55. The van der Waals surface area contributed by atoms with Gasteiger partial charge in [0.15, 0.2) is 5.65 Å². The number of anilines is 1. The van der Waals surface area contributed by atoms with Gasteiger partial charge in [0, 0.05) is 29.9 Å². The molecule has 1 fully saturated rings. The van der Waals surface area contributed by atoms with Crippen LogP contribution in [0.3, 0.4) is 0 Å². The van der Waals surface area contributed by atoms with E-state index in [1.54, 1.807) is 0 Å². The summed E-state index contributed by atoms with van der Waals surface area (Å²) in [4.78, 5) is 4.69. The summed E-state index contributed by atoms with van der Waals surface area (Å²) in [5.74, 6) is 1.06. The number of rotatable bonds is 3. The summed E-state index contributed by atoms with van der Waals surface area (Å²) >= 11 is 0. The third-order valence-corrected chi connectivity index (χ3v) is 3.88. The third-order valence-electron chi connectivity index (χ3n) is 3.88. The van der Waals surface area contributed by atoms with Crippen LogP contribution in [-0.4, -0.2) is 33.7 Å². The smallest absolute Gasteiger partial charge is 0.160 e. The van der Waals surface area contributed by atoms with Gasteiger partial charge >= 0.3 is 0 Å². The molecule has 102 valence electrons. The molecule has 0 unspecified atom stereocenters. The quantitative estimate of drug-likeness (QED) is 0.880. The van der Waals surface area contributed by atoms with Gasteiger partial charge in [-0.15, -0.1) is 0 Å². The number of aromatic nitrogens is 3. The third kappa shape index (κ3) is 2.18. The maximum Gasteiger partial charge on any atom is 0.160 e. The fourth-order valence-electron chi connectivity index (χ4n) is 2.55. The van der Waals surface area contributed by atoms with Crippen molar-refractivity contribution in [1.82, 2.24) is 19.9 Å². The largest absolute Gasteiger partial charge is 0.366 e. The van der Waals surface area contributed by atoms with E-state index in [1.165, 1.54) is 5.56 Å². The van der Waals surface area contributed by atoms with E-state index in [-0.39, 0.29) is 0 Å². The highest BCUT2D eigenvalue weighted by Gasteiger charge is 2.17. The van der Waals surface area contributed by atoms with E-state index in [4.69, 9.17) is 4.98 Å². The average molecular weight is 259 g/mol. The van der Waals surface area contributed by atoms with Gasteiger partial charge in [-0.05, 0) is 33.2 Å². The Balaban J connectivity index is 2.07. The van der Waals surface area contributed by atoms with Crippen molar-refractivity contribution in [3.05, 3.63) is 23.0 Å². The topological polar surface area (TPSA) is 54.2 Å². The molecule has 0 aliphatic carbocycles. The summed E-state index contributed by atoms with van der Waals surface area (Å²) < 4.78 is 1.95. The molecule has 1 saturated heterocycles. The maximum absolute atomic E-state index is 4.69. The molecule has 3 heterocycles. The highest BCUT2D eigenvalue weighted by molar-refractivity contribution is 5.56. The van der Waals surface area contributed by atoms with Crippen molar-refractivity contribution in [3.63, 3.8) is 0 Å². The molecule has 3 rings (SSSR count). The normalized spacial score (nSPS) is 19.2. The number of nitrogens with one attached hydrogen (secondary N) is 2. The van der Waals surface area contributed by atoms with Crippen molar-refractivity contribution in [2.24, 2.45) is 0 Å². The van der Waals surface area contributed by atoms with Crippen LogP contribution in [0.15, 0.2) is 6.07 Å². The van der Waals surface area contributed by atoms with E-state index in [1.807, 2.05) is 11.4 Å². The summed E-state index contributed by atoms with van der Waals surface area (Å²) in [5, 5.41) is 11.6. The van der Waals surface area contributed by atoms with Crippen LogP contribution >= 0.6 is 0 Å². The van der Waals surface area contributed by atoms with E-state index in [2.05, 4.69) is 35.6 Å². The highest BCUT2D eigenvalue weighted by atomic mass is 15.3. The molecule has 1 aliphatic rings. The van der Waals surface area contributed by atoms with E-state index in [9.17, 15) is 0 Å². The predicted molar refractivity (Wildman–Crippen MR) is 76.7 cm³/mol. The van der Waals surface area contributed by atoms with Gasteiger partial charge in [0.25, 0.3) is 0 Å². The van der Waals surface area contributed by atoms with Crippen molar-refractivity contribution in [2.45, 2.75) is 39.7 Å². The second kappa shape index (κ2) is 4.81. The fraction of sp³-hybridized carbons (Fsp3) is 0.571. The predicted octanol–water partition coefficient (Wildman–Crippen LogP) is 1.68. The summed E-state index contributed by atoms with van der Waals surface area (Å²) in [6, 6.07) is 2.61. The van der Waals surface area contributed by atoms with Gasteiger partial charge in [-0.3, -0.25) is 0 Å². The lowest BCUT2D eigenvalue weighted by atomic mass is 10.2. The summed E-state index contributed by atoms with van der Waals surface area (Å²) in [6.07, 6.45) is 2.10. The SMILES string of the molecule is CCc1cc(N[C@H]2CCNC2)n2nc(C)c(C)c2n1. The first-order valence-electron chi connectivity index (χ1n) is 7.02. The standard InChI is InChI=1S/C14H21N5/c1-4-11-7-13(16-12-5-6-15-8-12)19-14(17-11)9(2)10(3)18-19/h7,12,15-16H,4-6,8H2,1-3H3/t12-/m0/s1. The van der Waals surface area contributed by atoms with Gasteiger partial charge in [0.05, 0.1) is 5.69 Å². The molecule has 5 heteroatoms. The molecule has 0 spiro atoms. The Hall–Kier alpha value is -1.62. The summed E-state index contributed by atoms with van der Waals surface area (Å²) in [6.45, 7) is 8.37. The molecule has 1 atom stereocenters. The van der Waals surface area contributed by atoms with Gasteiger partial charge < -0.3 is 10.6 Å². The molecule has 0 bridgehead atoms. The molecular formula is C14H21N5. The number of aryl methyl sites for hydroxylation is 3. The number of hydrogen-bond acceptors (Lipinski definition) is 4. The Bertz CT molecular complexity index is 595. The lowest BCUT2D eigenvalue weighted by Crippen LogP contribution is -2.24. The zero-order valence-electron chi connectivity index (χ0n) is 11.8. The van der Waals surface area contributed by atoms with Crippen molar-refractivity contribution in [3.8, 4) is 0 Å². The van der Waals surface area contributed by atoms with E-state index >= 15 is 0 Å². The van der Waals surface area contributed by atoms with Crippen LogP contribution in [0.2, 0.25) is 0 Å². The van der Waals surface area contributed by atoms with Crippen LogP contribution in [-0.2, 0) is 6.42 Å². The van der Waals surface area contributed by atoms with Gasteiger partial charge in [-0.2, -0.15) is 9.61 Å². The zero-order valence-corrected chi connectivity index (χ0v) is 11.8. The first kappa shape index (κ1) is 12.4. The number of nitrogens with zero attached hydrogens (tertiary/aromatic N) is 3. The number of hydrogen-bond donors (Lipinski definition) is 2. The lowest BCUT2D eigenvalue weighted by Gasteiger charge is -2.14. The van der Waals surface area contributed by atoms with E-state index in [0.29, 0.717) is 6.04 Å². The Labute approximate surface area is 113 Å².